The van der Waals surface area contributed by atoms with Gasteiger partial charge in [-0.05, 0) is 12.5 Å². The van der Waals surface area contributed by atoms with Crippen molar-refractivity contribution in [1.29, 1.82) is 0 Å². The summed E-state index contributed by atoms with van der Waals surface area (Å²) >= 11 is 0. The monoisotopic (exact) mass is 304 g/mol. The molecular formula is C14H20N6O2. The maximum absolute atomic E-state index is 9.64. The highest BCUT2D eigenvalue weighted by molar-refractivity contribution is 5.44. The van der Waals surface area contributed by atoms with E-state index in [9.17, 15) is 5.11 Å². The smallest absolute Gasteiger partial charge is 0.235 e. The molecule has 8 nitrogen and oxygen atoms in total. The molecule has 3 rings (SSSR count). The molecule has 0 bridgehead atoms. The number of hydrogen-bond donors (Lipinski definition) is 1. The van der Waals surface area contributed by atoms with E-state index in [2.05, 4.69) is 25.1 Å². The maximum atomic E-state index is 9.64. The zero-order valence-electron chi connectivity index (χ0n) is 12.8. The fourth-order valence-electron chi connectivity index (χ4n) is 2.42. The van der Waals surface area contributed by atoms with Crippen LogP contribution in [-0.2, 0) is 13.0 Å². The minimum atomic E-state index is -0.276. The number of aryl methyl sites for hydroxylation is 1. The number of rotatable bonds is 5. The van der Waals surface area contributed by atoms with E-state index in [4.69, 9.17) is 4.42 Å². The number of aliphatic hydroxyl groups excluding tert-OH is 1. The van der Waals surface area contributed by atoms with E-state index in [0.29, 0.717) is 30.8 Å². The SMILES string of the molecule is CCc1nnc(CN(C)c2nccc(N3CCC(O)C3)n2)o1. The van der Waals surface area contributed by atoms with Gasteiger partial charge in [0, 0.05) is 32.8 Å². The van der Waals surface area contributed by atoms with Gasteiger partial charge < -0.3 is 19.3 Å². The summed E-state index contributed by atoms with van der Waals surface area (Å²) in [7, 11) is 1.88. The molecular weight excluding hydrogens is 284 g/mol. The molecule has 118 valence electrons. The third kappa shape index (κ3) is 3.16. The summed E-state index contributed by atoms with van der Waals surface area (Å²) in [6.45, 7) is 3.85. The van der Waals surface area contributed by atoms with E-state index in [1.807, 2.05) is 24.9 Å². The number of aromatic nitrogens is 4. The number of anilines is 2. The first-order valence-corrected chi connectivity index (χ1v) is 7.44. The highest BCUT2D eigenvalue weighted by Gasteiger charge is 2.22. The molecule has 2 aromatic rings. The van der Waals surface area contributed by atoms with Gasteiger partial charge in [0.05, 0.1) is 12.6 Å². The van der Waals surface area contributed by atoms with Crippen LogP contribution in [0.3, 0.4) is 0 Å². The first-order chi connectivity index (χ1) is 10.7. The zero-order chi connectivity index (χ0) is 15.5. The lowest BCUT2D eigenvalue weighted by molar-refractivity contribution is 0.198. The van der Waals surface area contributed by atoms with E-state index in [-0.39, 0.29) is 6.10 Å². The van der Waals surface area contributed by atoms with Gasteiger partial charge in [-0.3, -0.25) is 0 Å². The Labute approximate surface area is 128 Å². The Bertz CT molecular complexity index is 631. The molecule has 0 aromatic carbocycles. The second kappa shape index (κ2) is 6.27. The molecule has 0 radical (unpaired) electrons. The van der Waals surface area contributed by atoms with Gasteiger partial charge >= 0.3 is 0 Å². The molecule has 1 atom stereocenters. The normalized spacial score (nSPS) is 18.0. The van der Waals surface area contributed by atoms with Crippen molar-refractivity contribution >= 4 is 11.8 Å². The molecule has 0 aliphatic carbocycles. The molecule has 2 aromatic heterocycles. The van der Waals surface area contributed by atoms with Gasteiger partial charge in [-0.2, -0.15) is 4.98 Å². The minimum Gasteiger partial charge on any atom is -0.423 e. The summed E-state index contributed by atoms with van der Waals surface area (Å²) in [5.74, 6) is 2.59. The third-order valence-electron chi connectivity index (χ3n) is 3.64. The molecule has 0 amide bonds. The van der Waals surface area contributed by atoms with Crippen LogP contribution in [0.2, 0.25) is 0 Å². The molecule has 1 aliphatic rings. The molecule has 22 heavy (non-hydrogen) atoms. The summed E-state index contributed by atoms with van der Waals surface area (Å²) in [5, 5.41) is 17.6. The van der Waals surface area contributed by atoms with Crippen molar-refractivity contribution in [3.8, 4) is 0 Å². The topological polar surface area (TPSA) is 91.4 Å². The summed E-state index contributed by atoms with van der Waals surface area (Å²) < 4.78 is 5.51. The highest BCUT2D eigenvalue weighted by atomic mass is 16.4. The fraction of sp³-hybridized carbons (Fsp3) is 0.571. The predicted molar refractivity (Wildman–Crippen MR) is 80.7 cm³/mol. The van der Waals surface area contributed by atoms with Crippen molar-refractivity contribution in [3.63, 3.8) is 0 Å². The van der Waals surface area contributed by atoms with Crippen LogP contribution in [0.25, 0.3) is 0 Å². The van der Waals surface area contributed by atoms with Gasteiger partial charge in [-0.15, -0.1) is 10.2 Å². The van der Waals surface area contributed by atoms with Crippen LogP contribution >= 0.6 is 0 Å². The van der Waals surface area contributed by atoms with E-state index in [0.717, 1.165) is 25.2 Å². The zero-order valence-corrected chi connectivity index (χ0v) is 12.8. The van der Waals surface area contributed by atoms with Crippen molar-refractivity contribution in [1.82, 2.24) is 20.2 Å². The Balaban J connectivity index is 1.70. The molecule has 1 fully saturated rings. The predicted octanol–water partition coefficient (Wildman–Crippen LogP) is 0.629. The molecule has 1 aliphatic heterocycles. The first-order valence-electron chi connectivity index (χ1n) is 7.44. The lowest BCUT2D eigenvalue weighted by atomic mass is 10.3. The number of aliphatic hydroxyl groups is 1. The standard InChI is InChI=1S/C14H20N6O2/c1-3-12-17-18-13(22-12)9-19(2)14-15-6-4-11(16-14)20-7-5-10(21)8-20/h4,6,10,21H,3,5,7-9H2,1-2H3. The van der Waals surface area contributed by atoms with Gasteiger partial charge in [0.1, 0.15) is 5.82 Å². The number of nitrogens with zero attached hydrogens (tertiary/aromatic N) is 6. The average molecular weight is 304 g/mol. The van der Waals surface area contributed by atoms with Gasteiger partial charge in [0.2, 0.25) is 17.7 Å². The Morgan fingerprint density at radius 3 is 2.91 bits per heavy atom. The minimum absolute atomic E-state index is 0.276. The van der Waals surface area contributed by atoms with E-state index in [1.165, 1.54) is 0 Å². The van der Waals surface area contributed by atoms with E-state index in [1.54, 1.807) is 6.20 Å². The largest absolute Gasteiger partial charge is 0.423 e. The molecule has 1 saturated heterocycles. The molecule has 1 N–H and O–H groups in total. The van der Waals surface area contributed by atoms with Gasteiger partial charge in [-0.1, -0.05) is 6.92 Å². The van der Waals surface area contributed by atoms with Gasteiger partial charge in [0.25, 0.3) is 0 Å². The fourth-order valence-corrected chi connectivity index (χ4v) is 2.42. The van der Waals surface area contributed by atoms with Crippen molar-refractivity contribution in [2.45, 2.75) is 32.4 Å². The lowest BCUT2D eigenvalue weighted by Crippen LogP contribution is -2.24. The van der Waals surface area contributed by atoms with Crippen LogP contribution in [0.4, 0.5) is 11.8 Å². The molecule has 3 heterocycles. The Hall–Kier alpha value is -2.22. The Kier molecular flexibility index (Phi) is 4.19. The maximum Gasteiger partial charge on any atom is 0.235 e. The lowest BCUT2D eigenvalue weighted by Gasteiger charge is -2.19. The molecule has 1 unspecified atom stereocenters. The number of hydrogen-bond acceptors (Lipinski definition) is 8. The van der Waals surface area contributed by atoms with Crippen LogP contribution in [-0.4, -0.2) is 51.5 Å². The quantitative estimate of drug-likeness (QED) is 0.860. The van der Waals surface area contributed by atoms with E-state index >= 15 is 0 Å². The van der Waals surface area contributed by atoms with Crippen molar-refractivity contribution in [2.75, 3.05) is 29.9 Å². The van der Waals surface area contributed by atoms with E-state index < -0.39 is 0 Å². The van der Waals surface area contributed by atoms with Crippen molar-refractivity contribution in [3.05, 3.63) is 24.0 Å². The summed E-state index contributed by atoms with van der Waals surface area (Å²) in [6, 6.07) is 1.86. The Morgan fingerprint density at radius 1 is 1.41 bits per heavy atom. The van der Waals surface area contributed by atoms with Gasteiger partial charge in [-0.25, -0.2) is 4.98 Å². The van der Waals surface area contributed by atoms with Crippen LogP contribution in [0.1, 0.15) is 25.1 Å². The third-order valence-corrected chi connectivity index (χ3v) is 3.64. The second-order valence-electron chi connectivity index (χ2n) is 5.40. The van der Waals surface area contributed by atoms with Crippen molar-refractivity contribution in [2.24, 2.45) is 0 Å². The summed E-state index contributed by atoms with van der Waals surface area (Å²) in [5.41, 5.74) is 0. The molecule has 0 saturated carbocycles. The first kappa shape index (κ1) is 14.7. The van der Waals surface area contributed by atoms with Crippen LogP contribution in [0.15, 0.2) is 16.7 Å². The second-order valence-corrected chi connectivity index (χ2v) is 5.40. The highest BCUT2D eigenvalue weighted by Crippen LogP contribution is 2.20. The Morgan fingerprint density at radius 2 is 2.23 bits per heavy atom. The van der Waals surface area contributed by atoms with Crippen LogP contribution < -0.4 is 9.80 Å². The van der Waals surface area contributed by atoms with Crippen LogP contribution in [0, 0.1) is 0 Å². The van der Waals surface area contributed by atoms with Crippen LogP contribution in [0.5, 0.6) is 0 Å². The summed E-state index contributed by atoms with van der Waals surface area (Å²) in [4.78, 5) is 12.8. The molecule has 0 spiro atoms. The van der Waals surface area contributed by atoms with Gasteiger partial charge in [0.15, 0.2) is 0 Å². The summed E-state index contributed by atoms with van der Waals surface area (Å²) in [6.07, 6.45) is 2.95. The van der Waals surface area contributed by atoms with Crippen molar-refractivity contribution < 1.29 is 9.52 Å². The molecule has 8 heteroatoms. The number of β-amino-alcohol motifs (C(OH)–C–C–N with tert-alkyl or cyclic N) is 1. The average Bonchev–Trinajstić information content (AvgIpc) is 3.16.